The molecule has 1 unspecified atom stereocenters. The van der Waals surface area contributed by atoms with Gasteiger partial charge in [0, 0.05) is 20.1 Å². The van der Waals surface area contributed by atoms with Gasteiger partial charge in [-0.3, -0.25) is 4.79 Å². The second-order valence-corrected chi connectivity index (χ2v) is 4.72. The van der Waals surface area contributed by atoms with Gasteiger partial charge in [0.2, 0.25) is 0 Å². The highest BCUT2D eigenvalue weighted by molar-refractivity contribution is 6.32. The fourth-order valence-electron chi connectivity index (χ4n) is 1.64. The van der Waals surface area contributed by atoms with Crippen LogP contribution in [0.4, 0.5) is 0 Å². The number of carbonyl (C=O) groups is 1. The number of halogens is 2. The fraction of sp³-hybridized carbons (Fsp3) is 0.500. The smallest absolute Gasteiger partial charge is 0.263 e. The molecule has 1 N–H and O–H groups in total. The van der Waals surface area contributed by atoms with Crippen LogP contribution in [0, 0.1) is 0 Å². The van der Waals surface area contributed by atoms with Gasteiger partial charge in [-0.2, -0.15) is 0 Å². The maximum Gasteiger partial charge on any atom is 0.263 e. The van der Waals surface area contributed by atoms with Crippen LogP contribution >= 0.6 is 24.0 Å². The number of para-hydroxylation sites is 1. The van der Waals surface area contributed by atoms with Gasteiger partial charge in [-0.1, -0.05) is 30.7 Å². The lowest BCUT2D eigenvalue weighted by Gasteiger charge is -2.24. The van der Waals surface area contributed by atoms with Crippen molar-refractivity contribution in [2.24, 2.45) is 0 Å². The van der Waals surface area contributed by atoms with E-state index in [0.29, 0.717) is 23.7 Å². The summed E-state index contributed by atoms with van der Waals surface area (Å²) in [6.07, 6.45) is 0.107. The van der Waals surface area contributed by atoms with Crippen molar-refractivity contribution in [2.75, 3.05) is 27.2 Å². The zero-order valence-corrected chi connectivity index (χ0v) is 13.6. The van der Waals surface area contributed by atoms with E-state index in [-0.39, 0.29) is 18.3 Å². The Morgan fingerprint density at radius 1 is 1.45 bits per heavy atom. The maximum absolute atomic E-state index is 12.2. The number of hydrogen-bond donors (Lipinski definition) is 1. The summed E-state index contributed by atoms with van der Waals surface area (Å²) in [7, 11) is 3.63. The lowest BCUT2D eigenvalue weighted by Crippen LogP contribution is -2.42. The summed E-state index contributed by atoms with van der Waals surface area (Å²) >= 11 is 6.03. The molecule has 20 heavy (non-hydrogen) atoms. The first-order valence-electron chi connectivity index (χ1n) is 6.40. The Morgan fingerprint density at radius 3 is 2.65 bits per heavy atom. The van der Waals surface area contributed by atoms with Crippen molar-refractivity contribution in [2.45, 2.75) is 19.4 Å². The molecule has 0 saturated heterocycles. The molecule has 1 amide bonds. The van der Waals surface area contributed by atoms with Crippen LogP contribution in [0.1, 0.15) is 13.3 Å². The number of benzene rings is 1. The van der Waals surface area contributed by atoms with Crippen molar-refractivity contribution in [3.8, 4) is 5.75 Å². The third-order valence-electron chi connectivity index (χ3n) is 2.83. The van der Waals surface area contributed by atoms with E-state index in [9.17, 15) is 4.79 Å². The van der Waals surface area contributed by atoms with Gasteiger partial charge in [0.25, 0.3) is 5.91 Å². The van der Waals surface area contributed by atoms with Crippen LogP contribution in [0.15, 0.2) is 24.3 Å². The van der Waals surface area contributed by atoms with Gasteiger partial charge in [0.15, 0.2) is 6.10 Å². The first-order chi connectivity index (χ1) is 9.10. The van der Waals surface area contributed by atoms with Crippen LogP contribution in [-0.2, 0) is 4.79 Å². The van der Waals surface area contributed by atoms with Gasteiger partial charge in [0.05, 0.1) is 5.02 Å². The minimum Gasteiger partial charge on any atom is -0.479 e. The third-order valence-corrected chi connectivity index (χ3v) is 3.14. The van der Waals surface area contributed by atoms with Gasteiger partial charge in [-0.25, -0.2) is 0 Å². The largest absolute Gasteiger partial charge is 0.479 e. The average Bonchev–Trinajstić information content (AvgIpc) is 2.43. The normalized spacial score (nSPS) is 11.4. The molecule has 1 aromatic carbocycles. The van der Waals surface area contributed by atoms with Gasteiger partial charge in [-0.15, -0.1) is 12.4 Å². The highest BCUT2D eigenvalue weighted by Gasteiger charge is 2.22. The highest BCUT2D eigenvalue weighted by atomic mass is 35.5. The molecule has 0 aliphatic carbocycles. The van der Waals surface area contributed by atoms with E-state index in [2.05, 4.69) is 5.32 Å². The molecule has 0 spiro atoms. The summed E-state index contributed by atoms with van der Waals surface area (Å²) in [6.45, 7) is 3.33. The molecule has 114 valence electrons. The molecular formula is C14H22Cl2N2O2. The SMILES string of the molecule is CCC(Oc1ccccc1Cl)C(=O)N(C)CCNC.Cl. The summed E-state index contributed by atoms with van der Waals surface area (Å²) in [6, 6.07) is 7.19. The van der Waals surface area contributed by atoms with Gasteiger partial charge in [-0.05, 0) is 25.6 Å². The Labute approximate surface area is 131 Å². The van der Waals surface area contributed by atoms with Crippen molar-refractivity contribution in [1.82, 2.24) is 10.2 Å². The molecule has 0 bridgehead atoms. The van der Waals surface area contributed by atoms with E-state index in [1.54, 1.807) is 24.1 Å². The summed E-state index contributed by atoms with van der Waals surface area (Å²) in [5, 5.41) is 3.53. The minimum absolute atomic E-state index is 0. The van der Waals surface area contributed by atoms with Crippen LogP contribution in [0.3, 0.4) is 0 Å². The summed E-state index contributed by atoms with van der Waals surface area (Å²) < 4.78 is 5.71. The Morgan fingerprint density at radius 2 is 2.10 bits per heavy atom. The van der Waals surface area contributed by atoms with Crippen molar-refractivity contribution in [3.63, 3.8) is 0 Å². The third kappa shape index (κ3) is 5.57. The van der Waals surface area contributed by atoms with Crippen LogP contribution in [0.5, 0.6) is 5.75 Å². The highest BCUT2D eigenvalue weighted by Crippen LogP contribution is 2.25. The average molecular weight is 321 g/mol. The molecule has 6 heteroatoms. The molecule has 0 aliphatic heterocycles. The number of nitrogens with zero attached hydrogens (tertiary/aromatic N) is 1. The molecule has 1 aromatic rings. The van der Waals surface area contributed by atoms with Crippen molar-refractivity contribution >= 4 is 29.9 Å². The second-order valence-electron chi connectivity index (χ2n) is 4.31. The van der Waals surface area contributed by atoms with Crippen molar-refractivity contribution in [3.05, 3.63) is 29.3 Å². The number of rotatable bonds is 7. The fourth-order valence-corrected chi connectivity index (χ4v) is 1.82. The van der Waals surface area contributed by atoms with Crippen LogP contribution < -0.4 is 10.1 Å². The predicted molar refractivity (Wildman–Crippen MR) is 85.0 cm³/mol. The molecule has 4 nitrogen and oxygen atoms in total. The van der Waals surface area contributed by atoms with E-state index in [1.165, 1.54) is 0 Å². The lowest BCUT2D eigenvalue weighted by atomic mass is 10.2. The van der Waals surface area contributed by atoms with Gasteiger partial charge < -0.3 is 15.0 Å². The Bertz CT molecular complexity index is 416. The maximum atomic E-state index is 12.2. The number of amides is 1. The number of ether oxygens (including phenoxy) is 1. The number of hydrogen-bond acceptors (Lipinski definition) is 3. The summed E-state index contributed by atoms with van der Waals surface area (Å²) in [5.74, 6) is 0.518. The molecule has 0 aliphatic rings. The van der Waals surface area contributed by atoms with E-state index < -0.39 is 6.10 Å². The predicted octanol–water partition coefficient (Wildman–Crippen LogP) is 2.60. The van der Waals surface area contributed by atoms with Crippen LogP contribution in [0.2, 0.25) is 5.02 Å². The number of nitrogens with one attached hydrogen (secondary N) is 1. The summed E-state index contributed by atoms with van der Waals surface area (Å²) in [4.78, 5) is 13.9. The monoisotopic (exact) mass is 320 g/mol. The quantitative estimate of drug-likeness (QED) is 0.839. The molecule has 1 rings (SSSR count). The first kappa shape index (κ1) is 19.0. The molecule has 0 saturated carbocycles. The zero-order chi connectivity index (χ0) is 14.3. The molecule has 0 fully saturated rings. The molecule has 0 radical (unpaired) electrons. The van der Waals surface area contributed by atoms with Gasteiger partial charge in [0.1, 0.15) is 5.75 Å². The summed E-state index contributed by atoms with van der Waals surface area (Å²) in [5.41, 5.74) is 0. The Kier molecular flexibility index (Phi) is 9.38. The Hall–Kier alpha value is -0.970. The van der Waals surface area contributed by atoms with E-state index in [1.807, 2.05) is 26.1 Å². The topological polar surface area (TPSA) is 41.6 Å². The molecule has 0 heterocycles. The second kappa shape index (κ2) is 9.86. The van der Waals surface area contributed by atoms with Crippen LogP contribution in [-0.4, -0.2) is 44.1 Å². The van der Waals surface area contributed by atoms with E-state index in [0.717, 1.165) is 6.54 Å². The van der Waals surface area contributed by atoms with Crippen molar-refractivity contribution < 1.29 is 9.53 Å². The number of carbonyl (C=O) groups excluding carboxylic acids is 1. The van der Waals surface area contributed by atoms with Gasteiger partial charge >= 0.3 is 0 Å². The zero-order valence-electron chi connectivity index (χ0n) is 12.1. The minimum atomic E-state index is -0.498. The van der Waals surface area contributed by atoms with Crippen molar-refractivity contribution in [1.29, 1.82) is 0 Å². The molecule has 1 atom stereocenters. The van der Waals surface area contributed by atoms with E-state index in [4.69, 9.17) is 16.3 Å². The molecular weight excluding hydrogens is 299 g/mol. The van der Waals surface area contributed by atoms with Crippen LogP contribution in [0.25, 0.3) is 0 Å². The lowest BCUT2D eigenvalue weighted by molar-refractivity contribution is -0.137. The number of likely N-dealkylation sites (N-methyl/N-ethyl adjacent to an activating group) is 2. The van der Waals surface area contributed by atoms with E-state index >= 15 is 0 Å². The Balaban J connectivity index is 0.00000361. The first-order valence-corrected chi connectivity index (χ1v) is 6.78. The standard InChI is InChI=1S/C14H21ClN2O2.ClH/c1-4-12(14(18)17(3)10-9-16-2)19-13-8-6-5-7-11(13)15;/h5-8,12,16H,4,9-10H2,1-3H3;1H. The molecule has 0 aromatic heterocycles.